The summed E-state index contributed by atoms with van der Waals surface area (Å²) in [6.07, 6.45) is 0. The highest BCUT2D eigenvalue weighted by Gasteiger charge is 2.37. The summed E-state index contributed by atoms with van der Waals surface area (Å²) >= 11 is 5.07. The topological polar surface area (TPSA) is 20.3 Å². The number of carbonyl (C=O) groups is 1. The molecule has 1 aliphatic rings. The van der Waals surface area contributed by atoms with Crippen LogP contribution < -0.4 is 4.90 Å². The molecule has 0 aliphatic carbocycles. The standard InChI is InChI=1S/C11H12BrNOS/c1-11(2)10(14)13(3)8-5-4-7(12)6-9(8)15-11/h4-6H,1-3H3. The van der Waals surface area contributed by atoms with E-state index in [2.05, 4.69) is 22.0 Å². The molecule has 2 rings (SSSR count). The zero-order valence-electron chi connectivity index (χ0n) is 8.87. The summed E-state index contributed by atoms with van der Waals surface area (Å²) in [7, 11) is 1.83. The highest BCUT2D eigenvalue weighted by Crippen LogP contribution is 2.45. The molecule has 0 saturated heterocycles. The molecule has 0 radical (unpaired) electrons. The van der Waals surface area contributed by atoms with Gasteiger partial charge in [-0.25, -0.2) is 0 Å². The number of hydrogen-bond donors (Lipinski definition) is 0. The maximum absolute atomic E-state index is 12.0. The molecule has 2 nitrogen and oxygen atoms in total. The lowest BCUT2D eigenvalue weighted by Crippen LogP contribution is -2.44. The molecule has 0 bridgehead atoms. The molecule has 0 spiro atoms. The van der Waals surface area contributed by atoms with Crippen LogP contribution in [0.15, 0.2) is 27.6 Å². The van der Waals surface area contributed by atoms with Gasteiger partial charge in [0, 0.05) is 16.4 Å². The van der Waals surface area contributed by atoms with E-state index in [1.165, 1.54) is 0 Å². The molecule has 0 unspecified atom stereocenters. The Morgan fingerprint density at radius 2 is 2.07 bits per heavy atom. The molecule has 15 heavy (non-hydrogen) atoms. The second-order valence-corrected chi connectivity index (χ2v) is 6.67. The maximum atomic E-state index is 12.0. The van der Waals surface area contributed by atoms with Crippen LogP contribution in [0.4, 0.5) is 5.69 Å². The normalized spacial score (nSPS) is 18.9. The number of halogens is 1. The number of amides is 1. The number of thioether (sulfide) groups is 1. The van der Waals surface area contributed by atoms with Crippen LogP contribution in [0.3, 0.4) is 0 Å². The Labute approximate surface area is 102 Å². The van der Waals surface area contributed by atoms with Crippen LogP contribution in [-0.4, -0.2) is 17.7 Å². The zero-order chi connectivity index (χ0) is 11.2. The van der Waals surface area contributed by atoms with E-state index in [1.54, 1.807) is 16.7 Å². The van der Waals surface area contributed by atoms with Gasteiger partial charge in [-0.3, -0.25) is 4.79 Å². The highest BCUT2D eigenvalue weighted by molar-refractivity contribution is 9.10. The van der Waals surface area contributed by atoms with Crippen molar-refractivity contribution in [2.75, 3.05) is 11.9 Å². The molecular formula is C11H12BrNOS. The molecule has 0 atom stereocenters. The van der Waals surface area contributed by atoms with E-state index >= 15 is 0 Å². The lowest BCUT2D eigenvalue weighted by atomic mass is 10.1. The smallest absolute Gasteiger partial charge is 0.242 e. The number of carbonyl (C=O) groups excluding carboxylic acids is 1. The van der Waals surface area contributed by atoms with Gasteiger partial charge >= 0.3 is 0 Å². The van der Waals surface area contributed by atoms with Gasteiger partial charge in [-0.2, -0.15) is 0 Å². The van der Waals surface area contributed by atoms with E-state index in [0.29, 0.717) is 0 Å². The van der Waals surface area contributed by atoms with Crippen LogP contribution in [0, 0.1) is 0 Å². The third-order valence-corrected chi connectivity index (χ3v) is 4.19. The fourth-order valence-corrected chi connectivity index (χ4v) is 3.46. The van der Waals surface area contributed by atoms with E-state index < -0.39 is 0 Å². The monoisotopic (exact) mass is 285 g/mol. The average molecular weight is 286 g/mol. The summed E-state index contributed by atoms with van der Waals surface area (Å²) in [5, 5.41) is 0. The van der Waals surface area contributed by atoms with Crippen LogP contribution in [-0.2, 0) is 4.79 Å². The number of hydrogen-bond acceptors (Lipinski definition) is 2. The van der Waals surface area contributed by atoms with Crippen LogP contribution in [0.1, 0.15) is 13.8 Å². The van der Waals surface area contributed by atoms with Crippen LogP contribution in [0.2, 0.25) is 0 Å². The molecule has 80 valence electrons. The van der Waals surface area contributed by atoms with E-state index in [9.17, 15) is 4.79 Å². The summed E-state index contributed by atoms with van der Waals surface area (Å²) in [5.74, 6) is 0.155. The van der Waals surface area contributed by atoms with Crippen molar-refractivity contribution in [2.24, 2.45) is 0 Å². The van der Waals surface area contributed by atoms with Gasteiger partial charge in [0.2, 0.25) is 5.91 Å². The summed E-state index contributed by atoms with van der Waals surface area (Å²) < 4.78 is 0.676. The fraction of sp³-hybridized carbons (Fsp3) is 0.364. The molecule has 1 aliphatic heterocycles. The first kappa shape index (κ1) is 11.0. The first-order valence-corrected chi connectivity index (χ1v) is 6.29. The van der Waals surface area contributed by atoms with E-state index in [1.807, 2.05) is 33.0 Å². The largest absolute Gasteiger partial charge is 0.313 e. The first-order valence-electron chi connectivity index (χ1n) is 4.68. The molecule has 4 heteroatoms. The van der Waals surface area contributed by atoms with Gasteiger partial charge in [0.15, 0.2) is 0 Å². The third kappa shape index (κ3) is 1.81. The predicted molar refractivity (Wildman–Crippen MR) is 67.5 cm³/mol. The number of benzene rings is 1. The van der Waals surface area contributed by atoms with Crippen molar-refractivity contribution >= 4 is 39.3 Å². The minimum Gasteiger partial charge on any atom is -0.313 e. The van der Waals surface area contributed by atoms with Crippen LogP contribution >= 0.6 is 27.7 Å². The molecule has 1 aromatic rings. The quantitative estimate of drug-likeness (QED) is 0.729. The molecule has 1 heterocycles. The molecule has 0 fully saturated rings. The van der Waals surface area contributed by atoms with Crippen molar-refractivity contribution in [3.63, 3.8) is 0 Å². The molecule has 0 aromatic heterocycles. The summed E-state index contributed by atoms with van der Waals surface area (Å²) in [6, 6.07) is 5.99. The summed E-state index contributed by atoms with van der Waals surface area (Å²) in [5.41, 5.74) is 0.993. The van der Waals surface area contributed by atoms with Crippen molar-refractivity contribution in [1.82, 2.24) is 0 Å². The van der Waals surface area contributed by atoms with Crippen LogP contribution in [0.5, 0.6) is 0 Å². The first-order chi connectivity index (χ1) is 6.92. The predicted octanol–water partition coefficient (Wildman–Crippen LogP) is 3.30. The number of fused-ring (bicyclic) bond motifs is 1. The summed E-state index contributed by atoms with van der Waals surface area (Å²) in [4.78, 5) is 14.9. The van der Waals surface area contributed by atoms with Gasteiger partial charge in [0.05, 0.1) is 10.4 Å². The van der Waals surface area contributed by atoms with E-state index in [-0.39, 0.29) is 10.7 Å². The van der Waals surface area contributed by atoms with E-state index in [4.69, 9.17) is 0 Å². The fourth-order valence-electron chi connectivity index (χ4n) is 1.68. The Balaban J connectivity index is 2.55. The van der Waals surface area contributed by atoms with Gasteiger partial charge in [0.25, 0.3) is 0 Å². The molecular weight excluding hydrogens is 274 g/mol. The third-order valence-electron chi connectivity index (χ3n) is 2.47. The minimum atomic E-state index is -0.372. The molecule has 1 amide bonds. The van der Waals surface area contributed by atoms with Gasteiger partial charge in [-0.1, -0.05) is 15.9 Å². The molecule has 1 aromatic carbocycles. The van der Waals surface area contributed by atoms with Crippen LogP contribution in [0.25, 0.3) is 0 Å². The second-order valence-electron chi connectivity index (χ2n) is 4.09. The van der Waals surface area contributed by atoms with Gasteiger partial charge in [-0.15, -0.1) is 11.8 Å². The van der Waals surface area contributed by atoms with Crippen molar-refractivity contribution in [3.05, 3.63) is 22.7 Å². The second kappa shape index (κ2) is 3.52. The molecule has 0 N–H and O–H groups in total. The lowest BCUT2D eigenvalue weighted by Gasteiger charge is -2.35. The zero-order valence-corrected chi connectivity index (χ0v) is 11.3. The number of anilines is 1. The maximum Gasteiger partial charge on any atom is 0.242 e. The Hall–Kier alpha value is -0.480. The van der Waals surface area contributed by atoms with Crippen molar-refractivity contribution in [3.8, 4) is 0 Å². The van der Waals surface area contributed by atoms with Crippen molar-refractivity contribution in [2.45, 2.75) is 23.5 Å². The number of nitrogens with zero attached hydrogens (tertiary/aromatic N) is 1. The Bertz CT molecular complexity index is 431. The van der Waals surface area contributed by atoms with Gasteiger partial charge in [0.1, 0.15) is 0 Å². The van der Waals surface area contributed by atoms with Crippen molar-refractivity contribution < 1.29 is 4.79 Å². The number of rotatable bonds is 0. The Morgan fingerprint density at radius 3 is 2.73 bits per heavy atom. The highest BCUT2D eigenvalue weighted by atomic mass is 79.9. The SMILES string of the molecule is CN1C(=O)C(C)(C)Sc2cc(Br)ccc21. The van der Waals surface area contributed by atoms with Gasteiger partial charge < -0.3 is 4.90 Å². The summed E-state index contributed by atoms with van der Waals surface area (Å²) in [6.45, 7) is 3.92. The average Bonchev–Trinajstić information content (AvgIpc) is 2.13. The van der Waals surface area contributed by atoms with Crippen molar-refractivity contribution in [1.29, 1.82) is 0 Å². The molecule has 0 saturated carbocycles. The Kier molecular flexibility index (Phi) is 2.59. The van der Waals surface area contributed by atoms with Gasteiger partial charge in [-0.05, 0) is 32.0 Å². The minimum absolute atomic E-state index is 0.155. The lowest BCUT2D eigenvalue weighted by molar-refractivity contribution is -0.120. The Morgan fingerprint density at radius 1 is 1.40 bits per heavy atom. The van der Waals surface area contributed by atoms with E-state index in [0.717, 1.165) is 15.1 Å².